The van der Waals surface area contributed by atoms with E-state index >= 15 is 0 Å². The summed E-state index contributed by atoms with van der Waals surface area (Å²) in [5.41, 5.74) is -0.832. The lowest BCUT2D eigenvalue weighted by Gasteiger charge is -2.35. The van der Waals surface area contributed by atoms with Gasteiger partial charge in [0.2, 0.25) is 11.8 Å². The molecule has 0 radical (unpaired) electrons. The second-order valence-corrected chi connectivity index (χ2v) is 6.89. The molecule has 2 aliphatic rings. The average molecular weight is 306 g/mol. The summed E-state index contributed by atoms with van der Waals surface area (Å²) < 4.78 is 0. The molecule has 0 bridgehead atoms. The number of piperazine rings is 1. The Kier molecular flexibility index (Phi) is 5.07. The van der Waals surface area contributed by atoms with Gasteiger partial charge in [0.15, 0.2) is 0 Å². The molecule has 122 valence electrons. The molecule has 0 spiro atoms. The van der Waals surface area contributed by atoms with Crippen molar-refractivity contribution in [1.29, 1.82) is 5.26 Å². The number of amides is 2. The van der Waals surface area contributed by atoms with Gasteiger partial charge >= 0.3 is 0 Å². The SMILES string of the molecule is CC(C)C(C)(C#N)NC(=O)CN1CCN(C(=O)C2CC2)CC1. The van der Waals surface area contributed by atoms with Crippen LogP contribution in [0.3, 0.4) is 0 Å². The van der Waals surface area contributed by atoms with E-state index in [0.717, 1.165) is 25.9 Å². The Bertz CT molecular complexity index is 473. The molecule has 6 nitrogen and oxygen atoms in total. The Labute approximate surface area is 132 Å². The highest BCUT2D eigenvalue weighted by Gasteiger charge is 2.35. The first kappa shape index (κ1) is 16.8. The van der Waals surface area contributed by atoms with E-state index < -0.39 is 5.54 Å². The molecular weight excluding hydrogens is 280 g/mol. The molecule has 1 unspecified atom stereocenters. The van der Waals surface area contributed by atoms with Crippen molar-refractivity contribution in [3.63, 3.8) is 0 Å². The van der Waals surface area contributed by atoms with Gasteiger partial charge in [-0.25, -0.2) is 0 Å². The van der Waals surface area contributed by atoms with E-state index in [-0.39, 0.29) is 30.2 Å². The second-order valence-electron chi connectivity index (χ2n) is 6.89. The van der Waals surface area contributed by atoms with Gasteiger partial charge in [-0.05, 0) is 25.7 Å². The molecule has 2 rings (SSSR count). The van der Waals surface area contributed by atoms with Crippen LogP contribution in [0.5, 0.6) is 0 Å². The van der Waals surface area contributed by atoms with Crippen LogP contribution in [0.2, 0.25) is 0 Å². The van der Waals surface area contributed by atoms with Crippen LogP contribution in [-0.4, -0.2) is 59.9 Å². The van der Waals surface area contributed by atoms with E-state index in [1.807, 2.05) is 23.6 Å². The molecular formula is C16H26N4O2. The van der Waals surface area contributed by atoms with Gasteiger partial charge in [-0.3, -0.25) is 14.5 Å². The maximum absolute atomic E-state index is 12.1. The summed E-state index contributed by atoms with van der Waals surface area (Å²) in [5, 5.41) is 12.1. The number of rotatable bonds is 5. The van der Waals surface area contributed by atoms with Crippen LogP contribution in [0.25, 0.3) is 0 Å². The number of hydrogen-bond donors (Lipinski definition) is 1. The predicted molar refractivity (Wildman–Crippen MR) is 82.7 cm³/mol. The maximum atomic E-state index is 12.1. The lowest BCUT2D eigenvalue weighted by molar-refractivity contribution is -0.134. The normalized spacial score (nSPS) is 22.0. The van der Waals surface area contributed by atoms with E-state index in [1.165, 1.54) is 0 Å². The molecule has 1 N–H and O–H groups in total. The van der Waals surface area contributed by atoms with Crippen molar-refractivity contribution in [2.75, 3.05) is 32.7 Å². The predicted octanol–water partition coefficient (Wildman–Crippen LogP) is 0.595. The van der Waals surface area contributed by atoms with Gasteiger partial charge in [0.25, 0.3) is 0 Å². The Morgan fingerprint density at radius 2 is 1.86 bits per heavy atom. The standard InChI is InChI=1S/C16H26N4O2/c1-12(2)16(3,11-17)18-14(21)10-19-6-8-20(9-7-19)15(22)13-4-5-13/h12-13H,4-10H2,1-3H3,(H,18,21). The Morgan fingerprint density at radius 3 is 2.32 bits per heavy atom. The number of nitrogens with zero attached hydrogens (tertiary/aromatic N) is 3. The molecule has 1 heterocycles. The van der Waals surface area contributed by atoms with Crippen molar-refractivity contribution in [3.05, 3.63) is 0 Å². The zero-order chi connectivity index (χ0) is 16.3. The number of nitriles is 1. The fourth-order valence-corrected chi connectivity index (χ4v) is 2.55. The lowest BCUT2D eigenvalue weighted by atomic mass is 9.90. The smallest absolute Gasteiger partial charge is 0.235 e. The van der Waals surface area contributed by atoms with Gasteiger partial charge in [-0.15, -0.1) is 0 Å². The zero-order valence-electron chi connectivity index (χ0n) is 13.8. The monoisotopic (exact) mass is 306 g/mol. The minimum Gasteiger partial charge on any atom is -0.340 e. The first-order valence-corrected chi connectivity index (χ1v) is 8.09. The maximum Gasteiger partial charge on any atom is 0.235 e. The third-order valence-corrected chi connectivity index (χ3v) is 4.76. The molecule has 2 amide bonds. The summed E-state index contributed by atoms with van der Waals surface area (Å²) in [6.07, 6.45) is 2.06. The van der Waals surface area contributed by atoms with Crippen LogP contribution >= 0.6 is 0 Å². The second kappa shape index (κ2) is 6.66. The zero-order valence-corrected chi connectivity index (χ0v) is 13.8. The number of carbonyl (C=O) groups is 2. The van der Waals surface area contributed by atoms with Gasteiger partial charge in [0, 0.05) is 32.1 Å². The highest BCUT2D eigenvalue weighted by Crippen LogP contribution is 2.31. The van der Waals surface area contributed by atoms with Crippen LogP contribution in [0, 0.1) is 23.2 Å². The van der Waals surface area contributed by atoms with Crippen LogP contribution in [-0.2, 0) is 9.59 Å². The minimum absolute atomic E-state index is 0.0504. The summed E-state index contributed by atoms with van der Waals surface area (Å²) in [5.74, 6) is 0.465. The number of hydrogen-bond acceptors (Lipinski definition) is 4. The van der Waals surface area contributed by atoms with Crippen LogP contribution in [0.1, 0.15) is 33.6 Å². The molecule has 1 aliphatic heterocycles. The van der Waals surface area contributed by atoms with Crippen molar-refractivity contribution in [3.8, 4) is 6.07 Å². The highest BCUT2D eigenvalue weighted by molar-refractivity contribution is 5.81. The first-order valence-electron chi connectivity index (χ1n) is 8.09. The van der Waals surface area contributed by atoms with E-state index in [1.54, 1.807) is 6.92 Å². The van der Waals surface area contributed by atoms with Gasteiger partial charge < -0.3 is 10.2 Å². The number of nitrogens with one attached hydrogen (secondary N) is 1. The molecule has 0 aromatic carbocycles. The van der Waals surface area contributed by atoms with Crippen LogP contribution in [0.15, 0.2) is 0 Å². The number of carbonyl (C=O) groups excluding carboxylic acids is 2. The topological polar surface area (TPSA) is 76.4 Å². The lowest BCUT2D eigenvalue weighted by Crippen LogP contribution is -2.55. The van der Waals surface area contributed by atoms with Gasteiger partial charge in [-0.1, -0.05) is 13.8 Å². The summed E-state index contributed by atoms with van der Waals surface area (Å²) in [6.45, 7) is 8.72. The van der Waals surface area contributed by atoms with E-state index in [2.05, 4.69) is 11.4 Å². The highest BCUT2D eigenvalue weighted by atomic mass is 16.2. The molecule has 0 aromatic rings. The Hall–Kier alpha value is -1.61. The van der Waals surface area contributed by atoms with Gasteiger partial charge in [0.05, 0.1) is 12.6 Å². The van der Waals surface area contributed by atoms with Crippen LogP contribution < -0.4 is 5.32 Å². The third kappa shape index (κ3) is 3.98. The van der Waals surface area contributed by atoms with Crippen molar-refractivity contribution < 1.29 is 9.59 Å². The van der Waals surface area contributed by atoms with Gasteiger partial charge in [0.1, 0.15) is 5.54 Å². The summed E-state index contributed by atoms with van der Waals surface area (Å²) in [7, 11) is 0. The quantitative estimate of drug-likeness (QED) is 0.807. The van der Waals surface area contributed by atoms with E-state index in [0.29, 0.717) is 13.1 Å². The van der Waals surface area contributed by atoms with Crippen molar-refractivity contribution in [1.82, 2.24) is 15.1 Å². The Morgan fingerprint density at radius 1 is 1.27 bits per heavy atom. The van der Waals surface area contributed by atoms with Crippen LogP contribution in [0.4, 0.5) is 0 Å². The fraction of sp³-hybridized carbons (Fsp3) is 0.812. The minimum atomic E-state index is -0.832. The summed E-state index contributed by atoms with van der Waals surface area (Å²) in [6, 6.07) is 2.18. The van der Waals surface area contributed by atoms with Crippen molar-refractivity contribution in [2.45, 2.75) is 39.2 Å². The van der Waals surface area contributed by atoms with E-state index in [4.69, 9.17) is 0 Å². The summed E-state index contributed by atoms with van der Waals surface area (Å²) >= 11 is 0. The molecule has 0 aromatic heterocycles. The molecule has 1 saturated carbocycles. The first-order chi connectivity index (χ1) is 10.4. The van der Waals surface area contributed by atoms with Crippen molar-refractivity contribution >= 4 is 11.8 Å². The third-order valence-electron chi connectivity index (χ3n) is 4.76. The van der Waals surface area contributed by atoms with E-state index in [9.17, 15) is 14.9 Å². The van der Waals surface area contributed by atoms with Gasteiger partial charge in [-0.2, -0.15) is 5.26 Å². The largest absolute Gasteiger partial charge is 0.340 e. The average Bonchev–Trinajstić information content (AvgIpc) is 3.31. The fourth-order valence-electron chi connectivity index (χ4n) is 2.55. The van der Waals surface area contributed by atoms with Crippen molar-refractivity contribution in [2.24, 2.45) is 11.8 Å². The molecule has 6 heteroatoms. The summed E-state index contributed by atoms with van der Waals surface area (Å²) in [4.78, 5) is 28.1. The molecule has 1 aliphatic carbocycles. The molecule has 1 atom stereocenters. The Balaban J connectivity index is 1.77. The molecule has 22 heavy (non-hydrogen) atoms. The molecule has 1 saturated heterocycles. The molecule has 2 fully saturated rings.